The Morgan fingerprint density at radius 1 is 1.19 bits per heavy atom. The number of carbonyl (C=O) groups excluding carboxylic acids is 1. The fourth-order valence-corrected chi connectivity index (χ4v) is 2.23. The lowest BCUT2D eigenvalue weighted by Crippen LogP contribution is -2.41. The van der Waals surface area contributed by atoms with Crippen LogP contribution >= 0.6 is 0 Å². The minimum atomic E-state index is -4.04. The monoisotopic (exact) mass is 311 g/mol. The predicted octanol–water partition coefficient (Wildman–Crippen LogP) is 0.811. The van der Waals surface area contributed by atoms with Crippen molar-refractivity contribution in [1.29, 1.82) is 0 Å². The highest BCUT2D eigenvalue weighted by atomic mass is 32.2. The van der Waals surface area contributed by atoms with E-state index >= 15 is 0 Å². The number of carbonyl (C=O) groups is 1. The third-order valence-corrected chi connectivity index (χ3v) is 3.67. The third-order valence-electron chi connectivity index (χ3n) is 2.40. The lowest BCUT2D eigenvalue weighted by molar-refractivity contribution is -0.384. The smallest absolute Gasteiger partial charge is 0.301 e. The summed E-state index contributed by atoms with van der Waals surface area (Å²) in [5.74, 6) is -0.841. The molecule has 9 nitrogen and oxygen atoms in total. The van der Waals surface area contributed by atoms with Gasteiger partial charge in [0, 0.05) is 12.1 Å². The number of sulfonamides is 1. The van der Waals surface area contributed by atoms with Crippen LogP contribution in [0.3, 0.4) is 0 Å². The Kier molecular flexibility index (Phi) is 4.00. The van der Waals surface area contributed by atoms with Gasteiger partial charge in [-0.15, -0.1) is 4.83 Å². The Balaban J connectivity index is 2.08. The summed E-state index contributed by atoms with van der Waals surface area (Å²) in [4.78, 5) is 23.0. The van der Waals surface area contributed by atoms with Crippen molar-refractivity contribution >= 4 is 21.6 Å². The Bertz CT molecular complexity index is 752. The summed E-state index contributed by atoms with van der Waals surface area (Å²) >= 11 is 0. The van der Waals surface area contributed by atoms with Gasteiger partial charge in [-0.25, -0.2) is 8.42 Å². The number of furan rings is 1. The van der Waals surface area contributed by atoms with Crippen LogP contribution in [0.15, 0.2) is 52.0 Å². The molecular weight excluding hydrogens is 302 g/mol. The molecule has 0 saturated heterocycles. The molecule has 1 aromatic heterocycles. The molecule has 2 rings (SSSR count). The average molecular weight is 311 g/mol. The van der Waals surface area contributed by atoms with Gasteiger partial charge in [-0.05, 0) is 24.3 Å². The summed E-state index contributed by atoms with van der Waals surface area (Å²) in [5.41, 5.74) is 1.71. The maximum absolute atomic E-state index is 11.9. The number of rotatable bonds is 5. The van der Waals surface area contributed by atoms with Crippen LogP contribution < -0.4 is 10.3 Å². The summed E-state index contributed by atoms with van der Waals surface area (Å²) in [5, 5.41) is 10.5. The van der Waals surface area contributed by atoms with Gasteiger partial charge in [0.25, 0.3) is 15.7 Å². The van der Waals surface area contributed by atoms with Gasteiger partial charge in [-0.2, -0.15) is 0 Å². The summed E-state index contributed by atoms with van der Waals surface area (Å²) in [6.07, 6.45) is 1.26. The highest BCUT2D eigenvalue weighted by molar-refractivity contribution is 7.89. The van der Waals surface area contributed by atoms with Crippen LogP contribution in [0.5, 0.6) is 0 Å². The van der Waals surface area contributed by atoms with E-state index in [9.17, 15) is 23.3 Å². The first-order valence-electron chi connectivity index (χ1n) is 5.50. The van der Waals surface area contributed by atoms with E-state index < -0.39 is 20.9 Å². The molecule has 0 radical (unpaired) electrons. The SMILES string of the molecule is O=C(NNS(=O)(=O)c1ccc([N+](=O)[O-])cc1)c1ccco1. The van der Waals surface area contributed by atoms with E-state index in [2.05, 4.69) is 0 Å². The normalized spacial score (nSPS) is 11.0. The number of hydrogen-bond donors (Lipinski definition) is 2. The fourth-order valence-electron chi connectivity index (χ4n) is 1.39. The zero-order valence-electron chi connectivity index (χ0n) is 10.3. The van der Waals surface area contributed by atoms with Crippen molar-refractivity contribution in [3.63, 3.8) is 0 Å². The minimum Gasteiger partial charge on any atom is -0.459 e. The molecule has 2 aromatic rings. The molecule has 1 amide bonds. The van der Waals surface area contributed by atoms with Crippen molar-refractivity contribution < 1.29 is 22.6 Å². The molecule has 110 valence electrons. The lowest BCUT2D eigenvalue weighted by Gasteiger charge is -2.07. The van der Waals surface area contributed by atoms with E-state index in [1.807, 2.05) is 10.3 Å². The molecule has 0 aliphatic rings. The molecule has 1 aromatic carbocycles. The molecule has 1 heterocycles. The first kappa shape index (κ1) is 14.7. The largest absolute Gasteiger partial charge is 0.459 e. The maximum Gasteiger partial charge on any atom is 0.301 e. The van der Waals surface area contributed by atoms with Crippen LogP contribution in [0.4, 0.5) is 5.69 Å². The topological polar surface area (TPSA) is 132 Å². The number of amides is 1. The molecular formula is C11H9N3O6S. The number of nitro benzene ring substituents is 1. The molecule has 0 saturated carbocycles. The Hall–Kier alpha value is -2.72. The van der Waals surface area contributed by atoms with Gasteiger partial charge in [-0.1, -0.05) is 0 Å². The molecule has 10 heteroatoms. The van der Waals surface area contributed by atoms with E-state index in [1.54, 1.807) is 0 Å². The highest BCUT2D eigenvalue weighted by Crippen LogP contribution is 2.15. The van der Waals surface area contributed by atoms with Crippen LogP contribution in [0, 0.1) is 10.1 Å². The van der Waals surface area contributed by atoms with Crippen LogP contribution in [-0.4, -0.2) is 19.2 Å². The Labute approximate surface area is 118 Å². The third kappa shape index (κ3) is 3.43. The molecule has 2 N–H and O–H groups in total. The minimum absolute atomic E-state index is 0.0681. The van der Waals surface area contributed by atoms with Gasteiger partial charge in [0.1, 0.15) is 0 Å². The van der Waals surface area contributed by atoms with Crippen LogP contribution in [-0.2, 0) is 10.0 Å². The second kappa shape index (κ2) is 5.73. The van der Waals surface area contributed by atoms with E-state index in [0.717, 1.165) is 24.3 Å². The Morgan fingerprint density at radius 3 is 2.38 bits per heavy atom. The second-order valence-corrected chi connectivity index (χ2v) is 5.47. The van der Waals surface area contributed by atoms with Gasteiger partial charge in [0.05, 0.1) is 16.1 Å². The van der Waals surface area contributed by atoms with E-state index in [4.69, 9.17) is 4.42 Å². The molecule has 0 bridgehead atoms. The molecule has 0 atom stereocenters. The highest BCUT2D eigenvalue weighted by Gasteiger charge is 2.17. The van der Waals surface area contributed by atoms with Crippen molar-refractivity contribution in [2.75, 3.05) is 0 Å². The zero-order chi connectivity index (χ0) is 15.5. The first-order chi connectivity index (χ1) is 9.90. The number of non-ortho nitro benzene ring substituents is 1. The molecule has 0 fully saturated rings. The van der Waals surface area contributed by atoms with E-state index in [0.29, 0.717) is 0 Å². The van der Waals surface area contributed by atoms with E-state index in [1.165, 1.54) is 18.4 Å². The molecule has 0 aliphatic heterocycles. The number of nitrogens with one attached hydrogen (secondary N) is 2. The number of hydrogen-bond acceptors (Lipinski definition) is 6. The molecule has 21 heavy (non-hydrogen) atoms. The van der Waals surface area contributed by atoms with Gasteiger partial charge >= 0.3 is 5.91 Å². The zero-order valence-corrected chi connectivity index (χ0v) is 11.2. The van der Waals surface area contributed by atoms with Crippen molar-refractivity contribution in [1.82, 2.24) is 10.3 Å². The van der Waals surface area contributed by atoms with Gasteiger partial charge in [-0.3, -0.25) is 20.3 Å². The summed E-state index contributed by atoms with van der Waals surface area (Å²) < 4.78 is 28.5. The van der Waals surface area contributed by atoms with Crippen molar-refractivity contribution in [2.24, 2.45) is 0 Å². The number of hydrazine groups is 1. The standard InChI is InChI=1S/C11H9N3O6S/c15-11(10-2-1-7-20-10)12-13-21(18,19)9-5-3-8(4-6-9)14(16)17/h1-7,13H,(H,12,15). The summed E-state index contributed by atoms with van der Waals surface area (Å²) in [7, 11) is -4.04. The molecule has 0 aliphatic carbocycles. The molecule has 0 spiro atoms. The van der Waals surface area contributed by atoms with Gasteiger partial charge in [0.15, 0.2) is 5.76 Å². The first-order valence-corrected chi connectivity index (χ1v) is 6.98. The van der Waals surface area contributed by atoms with Crippen LogP contribution in [0.25, 0.3) is 0 Å². The van der Waals surface area contributed by atoms with Crippen LogP contribution in [0.1, 0.15) is 10.6 Å². The lowest BCUT2D eigenvalue weighted by atomic mass is 10.3. The van der Waals surface area contributed by atoms with Gasteiger partial charge < -0.3 is 4.42 Å². The fraction of sp³-hybridized carbons (Fsp3) is 0. The summed E-state index contributed by atoms with van der Waals surface area (Å²) in [6.45, 7) is 0. The average Bonchev–Trinajstić information content (AvgIpc) is 2.99. The number of nitrogens with zero attached hydrogens (tertiary/aromatic N) is 1. The second-order valence-electron chi connectivity index (χ2n) is 3.79. The van der Waals surface area contributed by atoms with Crippen LogP contribution in [0.2, 0.25) is 0 Å². The summed E-state index contributed by atoms with van der Waals surface area (Å²) in [6, 6.07) is 7.03. The van der Waals surface area contributed by atoms with Crippen molar-refractivity contribution in [3.8, 4) is 0 Å². The van der Waals surface area contributed by atoms with Crippen molar-refractivity contribution in [2.45, 2.75) is 4.90 Å². The number of nitro groups is 1. The predicted molar refractivity (Wildman–Crippen MR) is 69.6 cm³/mol. The Morgan fingerprint density at radius 2 is 1.86 bits per heavy atom. The maximum atomic E-state index is 11.9. The van der Waals surface area contributed by atoms with Crippen molar-refractivity contribution in [3.05, 3.63) is 58.5 Å². The quantitative estimate of drug-likeness (QED) is 0.620. The van der Waals surface area contributed by atoms with E-state index in [-0.39, 0.29) is 16.3 Å². The van der Waals surface area contributed by atoms with Gasteiger partial charge in [0.2, 0.25) is 0 Å². The molecule has 0 unspecified atom stereocenters. The number of benzene rings is 1.